The fraction of sp³-hybridized carbons (Fsp3) is 0. The quantitative estimate of drug-likeness (QED) is 0.656. The fourth-order valence-corrected chi connectivity index (χ4v) is 1.41. The maximum atomic E-state index is 4.30. The predicted octanol–water partition coefficient (Wildman–Crippen LogP) is 2.13. The third-order valence-electron chi connectivity index (χ3n) is 2.06. The lowest BCUT2D eigenvalue weighted by Gasteiger charge is -2.19. The number of anilines is 2. The molecule has 0 saturated heterocycles. The van der Waals surface area contributed by atoms with E-state index in [1.807, 2.05) is 36.5 Å². The highest BCUT2D eigenvalue weighted by atomic mass is 15.2. The van der Waals surface area contributed by atoms with Crippen LogP contribution in [0, 0.1) is 0 Å². The van der Waals surface area contributed by atoms with Gasteiger partial charge in [0.1, 0.15) is 5.82 Å². The van der Waals surface area contributed by atoms with Crippen molar-refractivity contribution in [2.24, 2.45) is 0 Å². The summed E-state index contributed by atoms with van der Waals surface area (Å²) in [6.45, 7) is 0. The molecule has 0 amide bonds. The van der Waals surface area contributed by atoms with Crippen LogP contribution in [-0.2, 0) is 0 Å². The summed E-state index contributed by atoms with van der Waals surface area (Å²) in [4.78, 5) is 8.47. The highest BCUT2D eigenvalue weighted by molar-refractivity contribution is 5.80. The van der Waals surface area contributed by atoms with Gasteiger partial charge in [-0.3, -0.25) is 0 Å². The molecule has 0 spiro atoms. The minimum absolute atomic E-state index is 0.719. The van der Waals surface area contributed by atoms with E-state index in [1.165, 1.54) is 0 Å². The van der Waals surface area contributed by atoms with E-state index in [1.54, 1.807) is 0 Å². The highest BCUT2D eigenvalue weighted by Crippen LogP contribution is 2.30. The van der Waals surface area contributed by atoms with Gasteiger partial charge in [-0.05, 0) is 12.2 Å². The number of hydrogen-bond donors (Lipinski definition) is 1. The second-order valence-electron chi connectivity index (χ2n) is 2.92. The standard InChI is InChI=1S/C10H7N3/c1-2-4-6-8-7(5-3-1)9-12-10(11-8)13-9/h1-6H,(H,11,12,13)/b2-1-,3-1?,4-2?,5-3-,6-4-,7-5?,8-6?. The Labute approximate surface area is 75.5 Å². The van der Waals surface area contributed by atoms with E-state index in [0.29, 0.717) is 0 Å². The van der Waals surface area contributed by atoms with Crippen LogP contribution in [0.1, 0.15) is 11.3 Å². The molecule has 3 heteroatoms. The number of nitrogens with one attached hydrogen (secondary N) is 1. The minimum Gasteiger partial charge on any atom is -0.308 e. The highest BCUT2D eigenvalue weighted by Gasteiger charge is 2.18. The lowest BCUT2D eigenvalue weighted by molar-refractivity contribution is 1.06. The summed E-state index contributed by atoms with van der Waals surface area (Å²) in [5.74, 6) is 1.65. The Morgan fingerprint density at radius 2 is 1.69 bits per heavy atom. The smallest absolute Gasteiger partial charge is 0.230 e. The molecule has 0 atom stereocenters. The minimum atomic E-state index is 0.719. The molecule has 0 fully saturated rings. The summed E-state index contributed by atoms with van der Waals surface area (Å²) in [6.07, 6.45) is 11.9. The predicted molar refractivity (Wildman–Crippen MR) is 52.5 cm³/mol. The first-order valence-electron chi connectivity index (χ1n) is 4.14. The fourth-order valence-electron chi connectivity index (χ4n) is 1.41. The third kappa shape index (κ3) is 0.902. The maximum Gasteiger partial charge on any atom is 0.230 e. The van der Waals surface area contributed by atoms with Crippen LogP contribution in [0.5, 0.6) is 0 Å². The van der Waals surface area contributed by atoms with Gasteiger partial charge < -0.3 is 5.32 Å². The van der Waals surface area contributed by atoms with Crippen molar-refractivity contribution in [2.45, 2.75) is 0 Å². The number of nitrogens with zero attached hydrogens (tertiary/aromatic N) is 2. The van der Waals surface area contributed by atoms with Gasteiger partial charge in [0.2, 0.25) is 5.95 Å². The molecule has 3 nitrogen and oxygen atoms in total. The first kappa shape index (κ1) is 6.60. The second kappa shape index (κ2) is 2.29. The van der Waals surface area contributed by atoms with Crippen LogP contribution in [0.2, 0.25) is 0 Å². The van der Waals surface area contributed by atoms with Crippen LogP contribution in [0.4, 0.5) is 11.8 Å². The zero-order valence-corrected chi connectivity index (χ0v) is 6.86. The van der Waals surface area contributed by atoms with Crippen LogP contribution in [0.15, 0.2) is 24.3 Å². The zero-order valence-electron chi connectivity index (χ0n) is 6.86. The van der Waals surface area contributed by atoms with Gasteiger partial charge in [0.25, 0.3) is 0 Å². The van der Waals surface area contributed by atoms with Crippen molar-refractivity contribution in [3.63, 3.8) is 0 Å². The number of rotatable bonds is 0. The van der Waals surface area contributed by atoms with Crippen molar-refractivity contribution < 1.29 is 0 Å². The molecule has 62 valence electrons. The summed E-state index contributed by atoms with van der Waals surface area (Å²) in [5, 5.41) is 3.06. The van der Waals surface area contributed by atoms with Gasteiger partial charge in [-0.15, -0.1) is 0 Å². The van der Waals surface area contributed by atoms with Gasteiger partial charge in [0, 0.05) is 5.56 Å². The monoisotopic (exact) mass is 169 g/mol. The first-order valence-corrected chi connectivity index (χ1v) is 4.14. The largest absolute Gasteiger partial charge is 0.308 e. The summed E-state index contributed by atoms with van der Waals surface area (Å²) in [7, 11) is 0. The Bertz CT molecular complexity index is 455. The van der Waals surface area contributed by atoms with Crippen LogP contribution in [0.25, 0.3) is 12.2 Å². The van der Waals surface area contributed by atoms with E-state index in [-0.39, 0.29) is 0 Å². The molecule has 2 aliphatic heterocycles. The SMILES string of the molecule is C1=C\C=C/c2c(nc3nc2N3)\C=C/1. The summed E-state index contributed by atoms with van der Waals surface area (Å²) >= 11 is 0. The van der Waals surface area contributed by atoms with Gasteiger partial charge in [-0.1, -0.05) is 24.3 Å². The van der Waals surface area contributed by atoms with Crippen LogP contribution >= 0.6 is 0 Å². The van der Waals surface area contributed by atoms with Crippen molar-refractivity contribution in [1.82, 2.24) is 9.97 Å². The van der Waals surface area contributed by atoms with E-state index in [2.05, 4.69) is 15.3 Å². The molecule has 1 aliphatic carbocycles. The van der Waals surface area contributed by atoms with E-state index in [0.717, 1.165) is 23.0 Å². The van der Waals surface area contributed by atoms with E-state index in [4.69, 9.17) is 0 Å². The average Bonchev–Trinajstić information content (AvgIpc) is 2.02. The van der Waals surface area contributed by atoms with Gasteiger partial charge >= 0.3 is 0 Å². The molecule has 0 unspecified atom stereocenters. The number of hydrogen-bond acceptors (Lipinski definition) is 3. The van der Waals surface area contributed by atoms with Crippen LogP contribution in [-0.4, -0.2) is 9.97 Å². The third-order valence-corrected chi connectivity index (χ3v) is 2.06. The van der Waals surface area contributed by atoms with Crippen molar-refractivity contribution in [2.75, 3.05) is 5.32 Å². The lowest BCUT2D eigenvalue weighted by atomic mass is 10.1. The normalized spacial score (nSPS) is 22.8. The first-order chi connectivity index (χ1) is 6.43. The van der Waals surface area contributed by atoms with Gasteiger partial charge in [0.15, 0.2) is 0 Å². The van der Waals surface area contributed by atoms with Gasteiger partial charge in [0.05, 0.1) is 5.69 Å². The van der Waals surface area contributed by atoms with Gasteiger partial charge in [-0.25, -0.2) is 4.98 Å². The molecule has 3 heterocycles. The number of allylic oxidation sites excluding steroid dienone is 4. The Morgan fingerprint density at radius 1 is 0.923 bits per heavy atom. The molecule has 0 saturated carbocycles. The van der Waals surface area contributed by atoms with E-state index >= 15 is 0 Å². The molecule has 13 heavy (non-hydrogen) atoms. The Kier molecular flexibility index (Phi) is 1.16. The van der Waals surface area contributed by atoms with Crippen molar-refractivity contribution in [3.8, 4) is 0 Å². The molecular formula is C10H7N3. The number of aromatic nitrogens is 2. The molecular weight excluding hydrogens is 162 g/mol. The van der Waals surface area contributed by atoms with E-state index in [9.17, 15) is 0 Å². The Balaban J connectivity index is 2.25. The van der Waals surface area contributed by atoms with E-state index < -0.39 is 0 Å². The summed E-state index contributed by atoms with van der Waals surface area (Å²) in [6, 6.07) is 0. The molecule has 1 aromatic rings. The lowest BCUT2D eigenvalue weighted by Crippen LogP contribution is -2.14. The molecule has 0 aromatic carbocycles. The molecule has 1 N–H and O–H groups in total. The summed E-state index contributed by atoms with van der Waals surface area (Å²) < 4.78 is 0. The maximum absolute atomic E-state index is 4.30. The van der Waals surface area contributed by atoms with Crippen LogP contribution in [0.3, 0.4) is 0 Å². The Hall–Kier alpha value is -1.90. The van der Waals surface area contributed by atoms with Gasteiger partial charge in [-0.2, -0.15) is 4.98 Å². The molecule has 4 rings (SSSR count). The molecule has 2 bridgehead atoms. The second-order valence-corrected chi connectivity index (χ2v) is 2.92. The molecule has 3 aliphatic rings. The average molecular weight is 169 g/mol. The van der Waals surface area contributed by atoms with Crippen molar-refractivity contribution in [1.29, 1.82) is 0 Å². The zero-order chi connectivity index (χ0) is 8.67. The summed E-state index contributed by atoms with van der Waals surface area (Å²) in [5.41, 5.74) is 2.05. The van der Waals surface area contributed by atoms with Crippen LogP contribution < -0.4 is 5.32 Å². The van der Waals surface area contributed by atoms with Crippen molar-refractivity contribution in [3.05, 3.63) is 35.6 Å². The molecule has 1 aromatic heterocycles. The topological polar surface area (TPSA) is 37.8 Å². The molecule has 0 radical (unpaired) electrons. The Morgan fingerprint density at radius 3 is 2.54 bits per heavy atom. The van der Waals surface area contributed by atoms with Crippen molar-refractivity contribution >= 4 is 23.9 Å².